The number of nitrogens with zero attached hydrogens (tertiary/aromatic N) is 1. The van der Waals surface area contributed by atoms with Gasteiger partial charge in [-0.1, -0.05) is 31.5 Å². The number of anilines is 1. The van der Waals surface area contributed by atoms with E-state index in [-0.39, 0.29) is 12.5 Å². The molecule has 0 spiro atoms. The second kappa shape index (κ2) is 6.23. The summed E-state index contributed by atoms with van der Waals surface area (Å²) < 4.78 is 5.40. The van der Waals surface area contributed by atoms with Crippen LogP contribution in [0.4, 0.5) is 5.82 Å². The van der Waals surface area contributed by atoms with Crippen LogP contribution in [0.15, 0.2) is 30.3 Å². The normalized spacial score (nSPS) is 10.6. The first kappa shape index (κ1) is 14.1. The number of amides is 1. The van der Waals surface area contributed by atoms with E-state index in [1.807, 2.05) is 37.3 Å². The van der Waals surface area contributed by atoms with E-state index in [2.05, 4.69) is 29.4 Å². The van der Waals surface area contributed by atoms with Crippen LogP contribution in [-0.4, -0.2) is 22.7 Å². The lowest BCUT2D eigenvalue weighted by Gasteiger charge is -2.06. The number of aromatic amines is 1. The molecule has 1 amide bonds. The molecule has 2 rings (SSSR count). The first-order chi connectivity index (χ1) is 9.54. The molecular weight excluding hydrogens is 254 g/mol. The lowest BCUT2D eigenvalue weighted by atomic mass is 10.1. The number of nitrogens with one attached hydrogen (secondary N) is 2. The Morgan fingerprint density at radius 3 is 2.65 bits per heavy atom. The van der Waals surface area contributed by atoms with E-state index in [4.69, 9.17) is 4.74 Å². The van der Waals surface area contributed by atoms with Crippen LogP contribution in [0, 0.1) is 6.92 Å². The quantitative estimate of drug-likeness (QED) is 0.880. The third kappa shape index (κ3) is 3.85. The van der Waals surface area contributed by atoms with Crippen LogP contribution in [-0.2, 0) is 4.79 Å². The largest absolute Gasteiger partial charge is 0.484 e. The Hall–Kier alpha value is -2.30. The third-order valence-electron chi connectivity index (χ3n) is 2.88. The zero-order chi connectivity index (χ0) is 14.5. The van der Waals surface area contributed by atoms with Crippen molar-refractivity contribution in [1.82, 2.24) is 10.2 Å². The number of hydrogen-bond donors (Lipinski definition) is 2. The maximum absolute atomic E-state index is 11.7. The molecule has 2 N–H and O–H groups in total. The summed E-state index contributed by atoms with van der Waals surface area (Å²) in [4.78, 5) is 11.7. The van der Waals surface area contributed by atoms with Crippen LogP contribution in [0.2, 0.25) is 0 Å². The molecule has 106 valence electrons. The molecule has 5 nitrogen and oxygen atoms in total. The first-order valence-electron chi connectivity index (χ1n) is 6.59. The monoisotopic (exact) mass is 273 g/mol. The van der Waals surface area contributed by atoms with Crippen LogP contribution < -0.4 is 10.1 Å². The van der Waals surface area contributed by atoms with Crippen molar-refractivity contribution in [3.63, 3.8) is 0 Å². The Bertz CT molecular complexity index is 573. The van der Waals surface area contributed by atoms with Crippen LogP contribution in [0.1, 0.15) is 31.0 Å². The SMILES string of the molecule is Cc1ccc(OCC(=O)Nc2cc(C(C)C)[nH]n2)cc1. The zero-order valence-corrected chi connectivity index (χ0v) is 11.9. The summed E-state index contributed by atoms with van der Waals surface area (Å²) in [5.74, 6) is 1.31. The number of aromatic nitrogens is 2. The molecule has 1 aromatic heterocycles. The van der Waals surface area contributed by atoms with E-state index in [0.29, 0.717) is 17.5 Å². The van der Waals surface area contributed by atoms with Crippen LogP contribution in [0.5, 0.6) is 5.75 Å². The van der Waals surface area contributed by atoms with Crippen LogP contribution in [0.25, 0.3) is 0 Å². The Kier molecular flexibility index (Phi) is 4.40. The van der Waals surface area contributed by atoms with Crippen molar-refractivity contribution in [1.29, 1.82) is 0 Å². The van der Waals surface area contributed by atoms with E-state index in [1.54, 1.807) is 0 Å². The lowest BCUT2D eigenvalue weighted by molar-refractivity contribution is -0.118. The molecule has 1 heterocycles. The molecule has 5 heteroatoms. The Balaban J connectivity index is 1.84. The summed E-state index contributed by atoms with van der Waals surface area (Å²) in [6, 6.07) is 9.39. The van der Waals surface area contributed by atoms with Crippen LogP contribution >= 0.6 is 0 Å². The second-order valence-corrected chi connectivity index (χ2v) is 5.01. The van der Waals surface area contributed by atoms with Gasteiger partial charge in [0.05, 0.1) is 0 Å². The summed E-state index contributed by atoms with van der Waals surface area (Å²) in [5.41, 5.74) is 2.14. The molecule has 20 heavy (non-hydrogen) atoms. The predicted octanol–water partition coefficient (Wildman–Crippen LogP) is 2.86. The van der Waals surface area contributed by atoms with Gasteiger partial charge >= 0.3 is 0 Å². The van der Waals surface area contributed by atoms with Gasteiger partial charge in [-0.25, -0.2) is 0 Å². The van der Waals surface area contributed by atoms with Crippen molar-refractivity contribution in [2.45, 2.75) is 26.7 Å². The fourth-order valence-corrected chi connectivity index (χ4v) is 1.66. The molecule has 0 aliphatic heterocycles. The van der Waals surface area contributed by atoms with Crippen molar-refractivity contribution in [3.8, 4) is 5.75 Å². The minimum atomic E-state index is -0.229. The Morgan fingerprint density at radius 1 is 1.35 bits per heavy atom. The van der Waals surface area contributed by atoms with Crippen molar-refractivity contribution in [2.75, 3.05) is 11.9 Å². The van der Waals surface area contributed by atoms with E-state index >= 15 is 0 Å². The fourth-order valence-electron chi connectivity index (χ4n) is 1.66. The lowest BCUT2D eigenvalue weighted by Crippen LogP contribution is -2.20. The van der Waals surface area contributed by atoms with Crippen molar-refractivity contribution in [2.24, 2.45) is 0 Å². The molecule has 0 atom stereocenters. The van der Waals surface area contributed by atoms with E-state index in [9.17, 15) is 4.79 Å². The Labute approximate surface area is 118 Å². The highest BCUT2D eigenvalue weighted by Crippen LogP contribution is 2.15. The van der Waals surface area contributed by atoms with Gasteiger partial charge in [-0.3, -0.25) is 9.89 Å². The molecule has 0 fully saturated rings. The molecule has 0 saturated carbocycles. The van der Waals surface area contributed by atoms with Gasteiger partial charge in [0.2, 0.25) is 0 Å². The topological polar surface area (TPSA) is 67.0 Å². The zero-order valence-electron chi connectivity index (χ0n) is 11.9. The van der Waals surface area contributed by atoms with Crippen molar-refractivity contribution in [3.05, 3.63) is 41.6 Å². The maximum atomic E-state index is 11.7. The highest BCUT2D eigenvalue weighted by molar-refractivity contribution is 5.90. The van der Waals surface area contributed by atoms with Gasteiger partial charge in [-0.2, -0.15) is 5.10 Å². The highest BCUT2D eigenvalue weighted by atomic mass is 16.5. The van der Waals surface area contributed by atoms with Gasteiger partial charge in [0.15, 0.2) is 12.4 Å². The number of H-pyrrole nitrogens is 1. The molecule has 1 aromatic carbocycles. The summed E-state index contributed by atoms with van der Waals surface area (Å²) in [5, 5.41) is 9.61. The summed E-state index contributed by atoms with van der Waals surface area (Å²) in [7, 11) is 0. The molecule has 0 saturated heterocycles. The van der Waals surface area contributed by atoms with E-state index in [0.717, 1.165) is 11.3 Å². The van der Waals surface area contributed by atoms with Gasteiger partial charge in [0, 0.05) is 11.8 Å². The first-order valence-corrected chi connectivity index (χ1v) is 6.59. The molecule has 0 radical (unpaired) electrons. The number of rotatable bonds is 5. The smallest absolute Gasteiger partial charge is 0.263 e. The highest BCUT2D eigenvalue weighted by Gasteiger charge is 2.08. The Morgan fingerprint density at radius 2 is 2.05 bits per heavy atom. The number of hydrogen-bond acceptors (Lipinski definition) is 3. The maximum Gasteiger partial charge on any atom is 0.263 e. The van der Waals surface area contributed by atoms with Crippen molar-refractivity contribution < 1.29 is 9.53 Å². The van der Waals surface area contributed by atoms with E-state index in [1.165, 1.54) is 0 Å². The van der Waals surface area contributed by atoms with Crippen molar-refractivity contribution >= 4 is 11.7 Å². The van der Waals surface area contributed by atoms with Gasteiger partial charge < -0.3 is 10.1 Å². The minimum Gasteiger partial charge on any atom is -0.484 e. The number of aryl methyl sites for hydroxylation is 1. The molecule has 0 aliphatic carbocycles. The average Bonchev–Trinajstić information content (AvgIpc) is 2.87. The van der Waals surface area contributed by atoms with Crippen LogP contribution in [0.3, 0.4) is 0 Å². The fraction of sp³-hybridized carbons (Fsp3) is 0.333. The number of carbonyl (C=O) groups excluding carboxylic acids is 1. The van der Waals surface area contributed by atoms with E-state index < -0.39 is 0 Å². The number of benzene rings is 1. The standard InChI is InChI=1S/C15H19N3O2/c1-10(2)13-8-14(18-17-13)16-15(19)9-20-12-6-4-11(3)5-7-12/h4-8,10H,9H2,1-3H3,(H2,16,17,18,19). The van der Waals surface area contributed by atoms with Gasteiger partial charge in [-0.15, -0.1) is 0 Å². The van der Waals surface area contributed by atoms with Gasteiger partial charge in [0.1, 0.15) is 5.75 Å². The summed E-state index contributed by atoms with van der Waals surface area (Å²) in [6.07, 6.45) is 0. The molecule has 0 aliphatic rings. The van der Waals surface area contributed by atoms with Gasteiger partial charge in [-0.05, 0) is 25.0 Å². The molecular formula is C15H19N3O2. The number of ether oxygens (including phenoxy) is 1. The third-order valence-corrected chi connectivity index (χ3v) is 2.88. The average molecular weight is 273 g/mol. The predicted molar refractivity (Wildman–Crippen MR) is 78.0 cm³/mol. The minimum absolute atomic E-state index is 0.0348. The number of carbonyl (C=O) groups is 1. The second-order valence-electron chi connectivity index (χ2n) is 5.01. The molecule has 2 aromatic rings. The summed E-state index contributed by atoms with van der Waals surface area (Å²) in [6.45, 7) is 6.08. The molecule has 0 unspecified atom stereocenters. The summed E-state index contributed by atoms with van der Waals surface area (Å²) >= 11 is 0. The molecule has 0 bridgehead atoms. The van der Waals surface area contributed by atoms with Gasteiger partial charge in [0.25, 0.3) is 5.91 Å².